The molecule has 1 heterocycles. The summed E-state index contributed by atoms with van der Waals surface area (Å²) in [7, 11) is 3.61. The first kappa shape index (κ1) is 24.7. The number of benzene rings is 3. The summed E-state index contributed by atoms with van der Waals surface area (Å²) in [5.74, 6) is 0.372. The van der Waals surface area contributed by atoms with Gasteiger partial charge in [-0.15, -0.1) is 0 Å². The molecule has 0 saturated carbocycles. The fraction of sp³-hybridized carbons (Fsp3) is 0.345. The van der Waals surface area contributed by atoms with Crippen LogP contribution < -0.4 is 19.9 Å². The van der Waals surface area contributed by atoms with E-state index in [1.54, 1.807) is 13.1 Å². The first-order valence-electron chi connectivity index (χ1n) is 12.3. The zero-order valence-corrected chi connectivity index (χ0v) is 20.8. The first-order chi connectivity index (χ1) is 17.0. The van der Waals surface area contributed by atoms with Crippen molar-refractivity contribution in [3.05, 3.63) is 78.1 Å². The summed E-state index contributed by atoms with van der Waals surface area (Å²) < 4.78 is 20.6. The molecule has 1 saturated heterocycles. The van der Waals surface area contributed by atoms with Crippen LogP contribution in [0.3, 0.4) is 0 Å². The Bertz CT molecular complexity index is 1130. The van der Waals surface area contributed by atoms with E-state index in [1.807, 2.05) is 66.5 Å². The number of halogens is 1. The van der Waals surface area contributed by atoms with E-state index in [4.69, 9.17) is 4.74 Å². The van der Waals surface area contributed by atoms with Crippen LogP contribution in [0.2, 0.25) is 0 Å². The molecule has 1 N–H and O–H groups in total. The van der Waals surface area contributed by atoms with Gasteiger partial charge in [-0.3, -0.25) is 4.79 Å². The minimum atomic E-state index is -0.309. The highest BCUT2D eigenvalue weighted by molar-refractivity contribution is 6.06. The molecule has 5 nitrogen and oxygen atoms in total. The third kappa shape index (κ3) is 5.82. The van der Waals surface area contributed by atoms with Gasteiger partial charge in [0.2, 0.25) is 0 Å². The minimum Gasteiger partial charge on any atom is -0.494 e. The summed E-state index contributed by atoms with van der Waals surface area (Å²) in [5, 5.41) is 3.25. The van der Waals surface area contributed by atoms with Gasteiger partial charge in [0.25, 0.3) is 5.91 Å². The zero-order chi connectivity index (χ0) is 24.8. The Labute approximate surface area is 207 Å². The van der Waals surface area contributed by atoms with Crippen molar-refractivity contribution in [2.24, 2.45) is 0 Å². The Morgan fingerprint density at radius 3 is 2.37 bits per heavy atom. The number of anilines is 2. The molecule has 3 aromatic rings. The molecular formula is C29H34FN3O2. The van der Waals surface area contributed by atoms with Gasteiger partial charge in [-0.05, 0) is 73.5 Å². The van der Waals surface area contributed by atoms with Crippen molar-refractivity contribution in [3.63, 3.8) is 0 Å². The Morgan fingerprint density at radius 1 is 1.09 bits per heavy atom. The van der Waals surface area contributed by atoms with Gasteiger partial charge in [-0.25, -0.2) is 4.39 Å². The van der Waals surface area contributed by atoms with Gasteiger partial charge in [-0.2, -0.15) is 0 Å². The highest BCUT2D eigenvalue weighted by atomic mass is 19.1. The second-order valence-corrected chi connectivity index (χ2v) is 9.02. The fourth-order valence-electron chi connectivity index (χ4n) is 4.37. The van der Waals surface area contributed by atoms with E-state index >= 15 is 0 Å². The molecule has 0 aromatic heterocycles. The Hall–Kier alpha value is -3.38. The molecule has 184 valence electrons. The maximum absolute atomic E-state index is 14.9. The van der Waals surface area contributed by atoms with Crippen LogP contribution >= 0.6 is 0 Å². The summed E-state index contributed by atoms with van der Waals surface area (Å²) >= 11 is 0. The van der Waals surface area contributed by atoms with Crippen molar-refractivity contribution in [2.45, 2.75) is 32.2 Å². The second kappa shape index (κ2) is 11.4. The number of unbranched alkanes of at least 4 members (excludes halogenated alkanes) is 1. The first-order valence-corrected chi connectivity index (χ1v) is 12.3. The third-order valence-electron chi connectivity index (χ3n) is 6.65. The van der Waals surface area contributed by atoms with E-state index in [0.29, 0.717) is 23.0 Å². The molecular weight excluding hydrogens is 441 g/mol. The normalized spacial score (nSPS) is 15.3. The molecule has 4 rings (SSSR count). The summed E-state index contributed by atoms with van der Waals surface area (Å²) in [4.78, 5) is 16.6. The molecule has 1 amide bonds. The van der Waals surface area contributed by atoms with E-state index in [1.165, 1.54) is 11.0 Å². The number of carbonyl (C=O) groups is 1. The quantitative estimate of drug-likeness (QED) is 0.401. The number of likely N-dealkylation sites (N-methyl/N-ethyl adjacent to an activating group) is 1. The molecule has 0 aliphatic carbocycles. The van der Waals surface area contributed by atoms with Crippen molar-refractivity contribution in [1.82, 2.24) is 5.32 Å². The average Bonchev–Trinajstić information content (AvgIpc) is 3.37. The lowest BCUT2D eigenvalue weighted by Crippen LogP contribution is -2.30. The maximum atomic E-state index is 14.9. The number of hydrogen-bond acceptors (Lipinski definition) is 4. The largest absolute Gasteiger partial charge is 0.494 e. The average molecular weight is 476 g/mol. The number of ether oxygens (including phenoxy) is 1. The summed E-state index contributed by atoms with van der Waals surface area (Å²) in [6.45, 7) is 4.46. The zero-order valence-electron chi connectivity index (χ0n) is 20.8. The molecule has 0 radical (unpaired) electrons. The van der Waals surface area contributed by atoms with Crippen LogP contribution in [0.15, 0.2) is 66.7 Å². The SMILES string of the molecule is CCCCOc1ccc(-c2ccc(C(=O)N(C)c3ccc(N4CCC(NC)C4)c(F)c3)cc2)cc1. The highest BCUT2D eigenvalue weighted by Crippen LogP contribution is 2.29. The van der Waals surface area contributed by atoms with Gasteiger partial charge in [0.05, 0.1) is 12.3 Å². The number of nitrogens with one attached hydrogen (secondary N) is 1. The molecule has 0 spiro atoms. The standard InChI is InChI=1S/C29H34FN3O2/c1-4-5-18-35-26-13-10-22(11-14-26)21-6-8-23(9-7-21)29(34)32(3)25-12-15-28(27(30)19-25)33-17-16-24(20-33)31-2/h6-15,19,24,31H,4-5,16-18,20H2,1-3H3. The Balaban J connectivity index is 1.41. The van der Waals surface area contributed by atoms with Gasteiger partial charge in [0.1, 0.15) is 11.6 Å². The van der Waals surface area contributed by atoms with Crippen molar-refractivity contribution in [1.29, 1.82) is 0 Å². The van der Waals surface area contributed by atoms with Crippen molar-refractivity contribution >= 4 is 17.3 Å². The third-order valence-corrected chi connectivity index (χ3v) is 6.65. The van der Waals surface area contributed by atoms with Crippen LogP contribution in [0.25, 0.3) is 11.1 Å². The van der Waals surface area contributed by atoms with Gasteiger partial charge in [0.15, 0.2) is 0 Å². The van der Waals surface area contributed by atoms with Gasteiger partial charge >= 0.3 is 0 Å². The summed E-state index contributed by atoms with van der Waals surface area (Å²) in [6, 6.07) is 20.9. The van der Waals surface area contributed by atoms with E-state index in [9.17, 15) is 9.18 Å². The Kier molecular flexibility index (Phi) is 8.03. The number of rotatable bonds is 9. The smallest absolute Gasteiger partial charge is 0.258 e. The molecule has 1 aliphatic rings. The van der Waals surface area contributed by atoms with Crippen LogP contribution in [0.5, 0.6) is 5.75 Å². The fourth-order valence-corrected chi connectivity index (χ4v) is 4.37. The molecule has 1 unspecified atom stereocenters. The predicted octanol–water partition coefficient (Wildman–Crippen LogP) is 5.75. The summed E-state index contributed by atoms with van der Waals surface area (Å²) in [6.07, 6.45) is 3.13. The van der Waals surface area contributed by atoms with Crippen LogP contribution in [-0.2, 0) is 0 Å². The molecule has 0 bridgehead atoms. The van der Waals surface area contributed by atoms with E-state index in [0.717, 1.165) is 55.8 Å². The predicted molar refractivity (Wildman–Crippen MR) is 141 cm³/mol. The van der Waals surface area contributed by atoms with Gasteiger partial charge in [-0.1, -0.05) is 37.6 Å². The van der Waals surface area contributed by atoms with E-state index in [-0.39, 0.29) is 11.7 Å². The van der Waals surface area contributed by atoms with Crippen LogP contribution in [0, 0.1) is 5.82 Å². The van der Waals surface area contributed by atoms with Gasteiger partial charge < -0.3 is 19.9 Å². The monoisotopic (exact) mass is 475 g/mol. The van der Waals surface area contributed by atoms with E-state index in [2.05, 4.69) is 12.2 Å². The second-order valence-electron chi connectivity index (χ2n) is 9.02. The van der Waals surface area contributed by atoms with Gasteiger partial charge in [0, 0.05) is 37.4 Å². The van der Waals surface area contributed by atoms with Crippen LogP contribution in [0.4, 0.5) is 15.8 Å². The molecule has 6 heteroatoms. The number of hydrogen-bond donors (Lipinski definition) is 1. The minimum absolute atomic E-state index is 0.181. The van der Waals surface area contributed by atoms with Crippen molar-refractivity contribution in [3.8, 4) is 16.9 Å². The van der Waals surface area contributed by atoms with E-state index < -0.39 is 0 Å². The molecule has 3 aromatic carbocycles. The lowest BCUT2D eigenvalue weighted by molar-refractivity contribution is 0.0993. The lowest BCUT2D eigenvalue weighted by atomic mass is 10.0. The topological polar surface area (TPSA) is 44.8 Å². The Morgan fingerprint density at radius 2 is 1.77 bits per heavy atom. The van der Waals surface area contributed by atoms with Crippen LogP contribution in [0.1, 0.15) is 36.5 Å². The maximum Gasteiger partial charge on any atom is 0.258 e. The van der Waals surface area contributed by atoms with Crippen molar-refractivity contribution < 1.29 is 13.9 Å². The number of amides is 1. The molecule has 35 heavy (non-hydrogen) atoms. The lowest BCUT2D eigenvalue weighted by Gasteiger charge is -2.22. The summed E-state index contributed by atoms with van der Waals surface area (Å²) in [5.41, 5.74) is 3.74. The molecule has 1 atom stereocenters. The number of carbonyl (C=O) groups excluding carboxylic acids is 1. The highest BCUT2D eigenvalue weighted by Gasteiger charge is 2.24. The van der Waals surface area contributed by atoms with Crippen molar-refractivity contribution in [2.75, 3.05) is 43.6 Å². The van der Waals surface area contributed by atoms with Crippen LogP contribution in [-0.4, -0.2) is 45.7 Å². The number of nitrogens with zero attached hydrogens (tertiary/aromatic N) is 2. The molecule has 1 aliphatic heterocycles. The molecule has 1 fully saturated rings.